The van der Waals surface area contributed by atoms with E-state index in [9.17, 15) is 0 Å². The topological polar surface area (TPSA) is 15.3 Å². The van der Waals surface area contributed by atoms with Gasteiger partial charge < -0.3 is 5.32 Å². The highest BCUT2D eigenvalue weighted by Crippen LogP contribution is 2.35. The zero-order chi connectivity index (χ0) is 11.5. The molecule has 2 aliphatic heterocycles. The van der Waals surface area contributed by atoms with Crippen molar-refractivity contribution < 1.29 is 0 Å². The lowest BCUT2D eigenvalue weighted by Gasteiger charge is -2.34. The summed E-state index contributed by atoms with van der Waals surface area (Å²) in [5.74, 6) is 1.99. The summed E-state index contributed by atoms with van der Waals surface area (Å²) in [7, 11) is 0. The first-order valence-electron chi connectivity index (χ1n) is 7.88. The Morgan fingerprint density at radius 2 is 1.82 bits per heavy atom. The van der Waals surface area contributed by atoms with E-state index in [4.69, 9.17) is 0 Å². The van der Waals surface area contributed by atoms with Gasteiger partial charge >= 0.3 is 0 Å². The third kappa shape index (κ3) is 2.85. The predicted molar refractivity (Wildman–Crippen MR) is 72.1 cm³/mol. The van der Waals surface area contributed by atoms with Crippen molar-refractivity contribution >= 4 is 0 Å². The van der Waals surface area contributed by atoms with Gasteiger partial charge in [0.1, 0.15) is 0 Å². The van der Waals surface area contributed by atoms with E-state index in [0.29, 0.717) is 0 Å². The van der Waals surface area contributed by atoms with E-state index < -0.39 is 0 Å². The van der Waals surface area contributed by atoms with Crippen LogP contribution in [0, 0.1) is 11.8 Å². The van der Waals surface area contributed by atoms with Gasteiger partial charge in [0, 0.05) is 12.6 Å². The highest BCUT2D eigenvalue weighted by Gasteiger charge is 2.34. The molecular weight excluding hydrogens is 208 g/mol. The van der Waals surface area contributed by atoms with E-state index in [-0.39, 0.29) is 0 Å². The maximum absolute atomic E-state index is 3.57. The second-order valence-corrected chi connectivity index (χ2v) is 6.46. The SMILES string of the molecule is C1CNCC(CN2CCCC2C2CCCC2)C1. The second-order valence-electron chi connectivity index (χ2n) is 6.46. The van der Waals surface area contributed by atoms with Gasteiger partial charge in [-0.2, -0.15) is 0 Å². The lowest BCUT2D eigenvalue weighted by Crippen LogP contribution is -2.42. The zero-order valence-electron chi connectivity index (χ0n) is 11.2. The molecule has 2 heterocycles. The Hall–Kier alpha value is -0.0800. The molecule has 98 valence electrons. The van der Waals surface area contributed by atoms with Crippen LogP contribution in [0.5, 0.6) is 0 Å². The van der Waals surface area contributed by atoms with Crippen molar-refractivity contribution in [1.29, 1.82) is 0 Å². The molecular formula is C15H28N2. The molecule has 2 saturated heterocycles. The van der Waals surface area contributed by atoms with Gasteiger partial charge in [0.15, 0.2) is 0 Å². The number of hydrogen-bond acceptors (Lipinski definition) is 2. The molecule has 1 saturated carbocycles. The molecule has 0 aromatic heterocycles. The first-order valence-corrected chi connectivity index (χ1v) is 7.88. The number of piperidine rings is 1. The largest absolute Gasteiger partial charge is 0.316 e. The molecule has 0 aromatic carbocycles. The lowest BCUT2D eigenvalue weighted by molar-refractivity contribution is 0.153. The fraction of sp³-hybridized carbons (Fsp3) is 1.00. The van der Waals surface area contributed by atoms with Gasteiger partial charge in [-0.1, -0.05) is 12.8 Å². The third-order valence-electron chi connectivity index (χ3n) is 5.25. The quantitative estimate of drug-likeness (QED) is 0.810. The molecule has 0 spiro atoms. The van der Waals surface area contributed by atoms with Crippen LogP contribution >= 0.6 is 0 Å². The average Bonchev–Trinajstić information content (AvgIpc) is 3.00. The van der Waals surface area contributed by atoms with E-state index in [1.54, 1.807) is 0 Å². The minimum atomic E-state index is 0.936. The van der Waals surface area contributed by atoms with Crippen molar-refractivity contribution in [1.82, 2.24) is 10.2 Å². The summed E-state index contributed by atoms with van der Waals surface area (Å²) < 4.78 is 0. The Bertz CT molecular complexity index is 229. The molecule has 0 amide bonds. The molecule has 0 aromatic rings. The van der Waals surface area contributed by atoms with Crippen LogP contribution in [0.4, 0.5) is 0 Å². The number of rotatable bonds is 3. The summed E-state index contributed by atoms with van der Waals surface area (Å²) in [6, 6.07) is 0.958. The molecule has 2 unspecified atom stereocenters. The molecule has 17 heavy (non-hydrogen) atoms. The Morgan fingerprint density at radius 1 is 0.941 bits per heavy atom. The van der Waals surface area contributed by atoms with Crippen LogP contribution in [-0.4, -0.2) is 37.1 Å². The van der Waals surface area contributed by atoms with E-state index in [1.807, 2.05) is 0 Å². The molecule has 1 N–H and O–H groups in total. The molecule has 3 aliphatic rings. The molecule has 3 fully saturated rings. The number of hydrogen-bond donors (Lipinski definition) is 1. The number of nitrogens with one attached hydrogen (secondary N) is 1. The first kappa shape index (κ1) is 12.0. The molecule has 3 rings (SSSR count). The van der Waals surface area contributed by atoms with Crippen LogP contribution in [0.15, 0.2) is 0 Å². The van der Waals surface area contributed by atoms with E-state index in [1.165, 1.54) is 77.5 Å². The molecule has 0 bridgehead atoms. The Morgan fingerprint density at radius 3 is 2.59 bits per heavy atom. The van der Waals surface area contributed by atoms with Gasteiger partial charge in [-0.25, -0.2) is 0 Å². The maximum Gasteiger partial charge on any atom is 0.0124 e. The van der Waals surface area contributed by atoms with Gasteiger partial charge in [-0.15, -0.1) is 0 Å². The van der Waals surface area contributed by atoms with Gasteiger partial charge in [0.05, 0.1) is 0 Å². The summed E-state index contributed by atoms with van der Waals surface area (Å²) in [4.78, 5) is 2.85. The van der Waals surface area contributed by atoms with Gasteiger partial charge in [0.2, 0.25) is 0 Å². The van der Waals surface area contributed by atoms with Crippen molar-refractivity contribution in [3.63, 3.8) is 0 Å². The fourth-order valence-electron chi connectivity index (χ4n) is 4.37. The van der Waals surface area contributed by atoms with E-state index in [0.717, 1.165) is 17.9 Å². The molecule has 2 heteroatoms. The average molecular weight is 236 g/mol. The van der Waals surface area contributed by atoms with Gasteiger partial charge in [-0.05, 0) is 70.0 Å². The summed E-state index contributed by atoms with van der Waals surface area (Å²) in [6.45, 7) is 5.29. The highest BCUT2D eigenvalue weighted by atomic mass is 15.2. The standard InChI is InChI=1S/C15H28N2/c1-2-7-14(6-1)15-8-4-10-17(15)12-13-5-3-9-16-11-13/h13-16H,1-12H2. The minimum Gasteiger partial charge on any atom is -0.316 e. The van der Waals surface area contributed by atoms with Crippen LogP contribution < -0.4 is 5.32 Å². The van der Waals surface area contributed by atoms with Crippen molar-refractivity contribution in [3.05, 3.63) is 0 Å². The van der Waals surface area contributed by atoms with Gasteiger partial charge in [0.25, 0.3) is 0 Å². The first-order chi connectivity index (χ1) is 8.43. The second kappa shape index (κ2) is 5.71. The summed E-state index contributed by atoms with van der Waals surface area (Å²) in [5.41, 5.74) is 0. The normalized spacial score (nSPS) is 36.7. The van der Waals surface area contributed by atoms with E-state index in [2.05, 4.69) is 10.2 Å². The third-order valence-corrected chi connectivity index (χ3v) is 5.25. The summed E-state index contributed by atoms with van der Waals surface area (Å²) in [5, 5.41) is 3.57. The van der Waals surface area contributed by atoms with Gasteiger partial charge in [-0.3, -0.25) is 4.90 Å². The van der Waals surface area contributed by atoms with Crippen LogP contribution in [0.1, 0.15) is 51.4 Å². The molecule has 2 atom stereocenters. The zero-order valence-corrected chi connectivity index (χ0v) is 11.2. The van der Waals surface area contributed by atoms with Crippen LogP contribution in [0.3, 0.4) is 0 Å². The molecule has 0 radical (unpaired) electrons. The monoisotopic (exact) mass is 236 g/mol. The maximum atomic E-state index is 3.57. The van der Waals surface area contributed by atoms with Crippen LogP contribution in [-0.2, 0) is 0 Å². The molecule has 1 aliphatic carbocycles. The summed E-state index contributed by atoms with van der Waals surface area (Å²) in [6.07, 6.45) is 11.8. The minimum absolute atomic E-state index is 0.936. The van der Waals surface area contributed by atoms with Crippen LogP contribution in [0.2, 0.25) is 0 Å². The predicted octanol–water partition coefficient (Wildman–Crippen LogP) is 2.64. The Balaban J connectivity index is 1.53. The lowest BCUT2D eigenvalue weighted by atomic mass is 9.94. The van der Waals surface area contributed by atoms with Crippen molar-refractivity contribution in [2.24, 2.45) is 11.8 Å². The van der Waals surface area contributed by atoms with Crippen molar-refractivity contribution in [2.45, 2.75) is 57.4 Å². The Labute approximate surface area is 106 Å². The fourth-order valence-corrected chi connectivity index (χ4v) is 4.37. The van der Waals surface area contributed by atoms with E-state index >= 15 is 0 Å². The Kier molecular flexibility index (Phi) is 4.02. The van der Waals surface area contributed by atoms with Crippen molar-refractivity contribution in [3.8, 4) is 0 Å². The van der Waals surface area contributed by atoms with Crippen LogP contribution in [0.25, 0.3) is 0 Å². The summed E-state index contributed by atoms with van der Waals surface area (Å²) >= 11 is 0. The highest BCUT2D eigenvalue weighted by molar-refractivity contribution is 4.89. The van der Waals surface area contributed by atoms with Crippen molar-refractivity contribution in [2.75, 3.05) is 26.2 Å². The number of likely N-dealkylation sites (tertiary alicyclic amines) is 1. The smallest absolute Gasteiger partial charge is 0.0124 e. The number of nitrogens with zero attached hydrogens (tertiary/aromatic N) is 1. The molecule has 2 nitrogen and oxygen atoms in total.